The summed E-state index contributed by atoms with van der Waals surface area (Å²) in [6, 6.07) is 5.39. The Balaban J connectivity index is 2.34. The van der Waals surface area contributed by atoms with Crippen LogP contribution in [0.2, 0.25) is 5.02 Å². The van der Waals surface area contributed by atoms with Crippen molar-refractivity contribution < 1.29 is 0 Å². The number of aryl methyl sites for hydroxylation is 1. The summed E-state index contributed by atoms with van der Waals surface area (Å²) in [4.78, 5) is 12.4. The summed E-state index contributed by atoms with van der Waals surface area (Å²) in [5, 5.41) is 10.3. The maximum absolute atomic E-state index is 8.85. The largest absolute Gasteiger partial charge is 0.248 e. The van der Waals surface area contributed by atoms with E-state index in [4.69, 9.17) is 16.9 Å². The molecule has 0 aliphatic heterocycles. The second kappa shape index (κ2) is 5.13. The molecule has 4 nitrogen and oxygen atoms in total. The maximum Gasteiger partial charge on any atom is 0.194 e. The fourth-order valence-corrected chi connectivity index (χ4v) is 2.20. The van der Waals surface area contributed by atoms with Gasteiger partial charge < -0.3 is 0 Å². The Kier molecular flexibility index (Phi) is 3.57. The highest BCUT2D eigenvalue weighted by molar-refractivity contribution is 7.99. The average molecular weight is 263 g/mol. The monoisotopic (exact) mass is 262 g/mol. The molecule has 0 atom stereocenters. The smallest absolute Gasteiger partial charge is 0.194 e. The van der Waals surface area contributed by atoms with Crippen molar-refractivity contribution in [3.8, 4) is 6.07 Å². The molecule has 0 N–H and O–H groups in total. The van der Waals surface area contributed by atoms with E-state index < -0.39 is 0 Å². The van der Waals surface area contributed by atoms with Crippen LogP contribution < -0.4 is 0 Å². The van der Waals surface area contributed by atoms with E-state index in [0.717, 1.165) is 5.69 Å². The van der Waals surface area contributed by atoms with Crippen LogP contribution >= 0.6 is 23.4 Å². The summed E-state index contributed by atoms with van der Waals surface area (Å²) in [5.41, 5.74) is 1.27. The Labute approximate surface area is 108 Å². The number of pyridine rings is 1. The average Bonchev–Trinajstić information content (AvgIpc) is 2.32. The summed E-state index contributed by atoms with van der Waals surface area (Å²) in [6.45, 7) is 1.88. The lowest BCUT2D eigenvalue weighted by molar-refractivity contribution is 0.927. The highest BCUT2D eigenvalue weighted by Crippen LogP contribution is 2.30. The number of nitriles is 1. The van der Waals surface area contributed by atoms with E-state index in [9.17, 15) is 0 Å². The number of aromatic nitrogens is 3. The molecule has 0 amide bonds. The summed E-state index contributed by atoms with van der Waals surface area (Å²) < 4.78 is 0. The zero-order valence-electron chi connectivity index (χ0n) is 8.88. The zero-order valence-corrected chi connectivity index (χ0v) is 10.5. The van der Waals surface area contributed by atoms with Crippen LogP contribution in [-0.4, -0.2) is 15.0 Å². The molecule has 0 saturated carbocycles. The third kappa shape index (κ3) is 2.73. The summed E-state index contributed by atoms with van der Waals surface area (Å²) in [7, 11) is 0. The normalized spacial score (nSPS) is 9.94. The molecule has 0 bridgehead atoms. The molecule has 84 valence electrons. The van der Waals surface area contributed by atoms with Crippen molar-refractivity contribution in [1.82, 2.24) is 15.0 Å². The van der Waals surface area contributed by atoms with Gasteiger partial charge in [0, 0.05) is 18.1 Å². The van der Waals surface area contributed by atoms with Crippen molar-refractivity contribution in [2.75, 3.05) is 0 Å². The molecule has 0 aliphatic carbocycles. The number of hydrogen-bond acceptors (Lipinski definition) is 5. The molecular formula is C11H7ClN4S. The van der Waals surface area contributed by atoms with Crippen LogP contribution in [0.5, 0.6) is 0 Å². The summed E-state index contributed by atoms with van der Waals surface area (Å²) >= 11 is 7.28. The number of halogens is 1. The SMILES string of the molecule is Cc1ccnc(Sc2nccc(C#N)c2Cl)n1. The quantitative estimate of drug-likeness (QED) is 0.779. The van der Waals surface area contributed by atoms with Crippen molar-refractivity contribution in [1.29, 1.82) is 5.26 Å². The van der Waals surface area contributed by atoms with Gasteiger partial charge in [0.2, 0.25) is 0 Å². The Morgan fingerprint density at radius 3 is 2.76 bits per heavy atom. The van der Waals surface area contributed by atoms with Crippen LogP contribution in [0.3, 0.4) is 0 Å². The van der Waals surface area contributed by atoms with Gasteiger partial charge in [-0.25, -0.2) is 15.0 Å². The van der Waals surface area contributed by atoms with Crippen LogP contribution in [0.4, 0.5) is 0 Å². The van der Waals surface area contributed by atoms with Gasteiger partial charge in [0.1, 0.15) is 11.1 Å². The first-order chi connectivity index (χ1) is 8.20. The lowest BCUT2D eigenvalue weighted by Gasteiger charge is -2.03. The van der Waals surface area contributed by atoms with Crippen LogP contribution in [0.15, 0.2) is 34.7 Å². The molecule has 0 aromatic carbocycles. The third-order valence-corrected chi connectivity index (χ3v) is 3.32. The molecule has 0 saturated heterocycles. The predicted octanol–water partition coefficient (Wildman–Crippen LogP) is 2.86. The minimum absolute atomic E-state index is 0.338. The fourth-order valence-electron chi connectivity index (χ4n) is 1.14. The van der Waals surface area contributed by atoms with E-state index in [1.165, 1.54) is 11.8 Å². The second-order valence-corrected chi connectivity index (χ2v) is 4.51. The minimum atomic E-state index is 0.338. The Morgan fingerprint density at radius 1 is 1.29 bits per heavy atom. The van der Waals surface area contributed by atoms with E-state index in [2.05, 4.69) is 15.0 Å². The van der Waals surface area contributed by atoms with Crippen molar-refractivity contribution in [2.45, 2.75) is 17.1 Å². The van der Waals surface area contributed by atoms with E-state index in [1.54, 1.807) is 18.5 Å². The van der Waals surface area contributed by atoms with Crippen LogP contribution in [0.25, 0.3) is 0 Å². The highest BCUT2D eigenvalue weighted by atomic mass is 35.5. The van der Waals surface area contributed by atoms with Gasteiger partial charge in [0.15, 0.2) is 5.16 Å². The first-order valence-electron chi connectivity index (χ1n) is 4.73. The molecule has 2 aromatic heterocycles. The topological polar surface area (TPSA) is 62.5 Å². The predicted molar refractivity (Wildman–Crippen MR) is 64.9 cm³/mol. The van der Waals surface area contributed by atoms with Crippen LogP contribution in [0, 0.1) is 18.3 Å². The molecule has 6 heteroatoms. The van der Waals surface area contributed by atoms with Gasteiger partial charge in [-0.3, -0.25) is 0 Å². The zero-order chi connectivity index (χ0) is 12.3. The van der Waals surface area contributed by atoms with E-state index in [-0.39, 0.29) is 0 Å². The molecular weight excluding hydrogens is 256 g/mol. The molecule has 0 fully saturated rings. The van der Waals surface area contributed by atoms with E-state index in [0.29, 0.717) is 20.8 Å². The van der Waals surface area contributed by atoms with Crippen molar-refractivity contribution in [2.24, 2.45) is 0 Å². The van der Waals surface area contributed by atoms with Gasteiger partial charge >= 0.3 is 0 Å². The van der Waals surface area contributed by atoms with E-state index >= 15 is 0 Å². The molecule has 0 unspecified atom stereocenters. The van der Waals surface area contributed by atoms with Gasteiger partial charge in [-0.2, -0.15) is 5.26 Å². The Hall–Kier alpha value is -1.64. The van der Waals surface area contributed by atoms with Crippen LogP contribution in [-0.2, 0) is 0 Å². The molecule has 2 heterocycles. The fraction of sp³-hybridized carbons (Fsp3) is 0.0909. The lowest BCUT2D eigenvalue weighted by Crippen LogP contribution is -1.91. The Morgan fingerprint density at radius 2 is 2.06 bits per heavy atom. The summed E-state index contributed by atoms with van der Waals surface area (Å²) in [5.74, 6) is 0. The van der Waals surface area contributed by atoms with Gasteiger partial charge in [-0.15, -0.1) is 0 Å². The molecule has 2 rings (SSSR count). The third-order valence-electron chi connectivity index (χ3n) is 1.94. The van der Waals surface area contributed by atoms with Crippen molar-refractivity contribution in [3.05, 3.63) is 40.8 Å². The minimum Gasteiger partial charge on any atom is -0.248 e. The number of nitrogens with zero attached hydrogens (tertiary/aromatic N) is 4. The van der Waals surface area contributed by atoms with Gasteiger partial charge in [-0.05, 0) is 30.8 Å². The first kappa shape index (κ1) is 11.8. The lowest BCUT2D eigenvalue weighted by atomic mass is 10.3. The van der Waals surface area contributed by atoms with Gasteiger partial charge in [-0.1, -0.05) is 11.6 Å². The maximum atomic E-state index is 8.85. The number of rotatable bonds is 2. The Bertz CT molecular complexity index is 594. The molecule has 0 spiro atoms. The molecule has 0 aliphatic rings. The molecule has 2 aromatic rings. The molecule has 0 radical (unpaired) electrons. The van der Waals surface area contributed by atoms with Crippen molar-refractivity contribution >= 4 is 23.4 Å². The summed E-state index contributed by atoms with van der Waals surface area (Å²) in [6.07, 6.45) is 3.22. The standard InChI is InChI=1S/C11H7ClN4S/c1-7-2-4-15-11(16-7)17-10-9(12)8(6-13)3-5-14-10/h2-5H,1H3. The van der Waals surface area contributed by atoms with Crippen LogP contribution in [0.1, 0.15) is 11.3 Å². The first-order valence-corrected chi connectivity index (χ1v) is 5.92. The van der Waals surface area contributed by atoms with E-state index in [1.807, 2.05) is 19.1 Å². The molecule has 17 heavy (non-hydrogen) atoms. The highest BCUT2D eigenvalue weighted by Gasteiger charge is 2.10. The second-order valence-electron chi connectivity index (χ2n) is 3.17. The van der Waals surface area contributed by atoms with Crippen molar-refractivity contribution in [3.63, 3.8) is 0 Å². The van der Waals surface area contributed by atoms with Gasteiger partial charge in [0.05, 0.1) is 10.6 Å². The number of hydrogen-bond donors (Lipinski definition) is 0. The van der Waals surface area contributed by atoms with Gasteiger partial charge in [0.25, 0.3) is 0 Å².